The number of nitriles is 2. The molecule has 1 aromatic heterocycles. The van der Waals surface area contributed by atoms with Crippen LogP contribution in [0.25, 0.3) is 18.2 Å². The van der Waals surface area contributed by atoms with E-state index in [4.69, 9.17) is 10.5 Å². The molecule has 0 bridgehead atoms. The van der Waals surface area contributed by atoms with Crippen molar-refractivity contribution in [1.29, 1.82) is 10.5 Å². The van der Waals surface area contributed by atoms with Gasteiger partial charge in [-0.2, -0.15) is 10.5 Å². The fourth-order valence-corrected chi connectivity index (χ4v) is 2.37. The summed E-state index contributed by atoms with van der Waals surface area (Å²) in [6, 6.07) is 17.6. The summed E-state index contributed by atoms with van der Waals surface area (Å²) in [5.74, 6) is 0. The summed E-state index contributed by atoms with van der Waals surface area (Å²) in [7, 11) is 0. The minimum Gasteiger partial charge on any atom is -0.192 e. The predicted octanol–water partition coefficient (Wildman–Crippen LogP) is 4.35. The lowest BCUT2D eigenvalue weighted by atomic mass is 10.2. The van der Waals surface area contributed by atoms with Crippen molar-refractivity contribution in [2.24, 2.45) is 0 Å². The number of nitrogens with zero attached hydrogens (tertiary/aromatic N) is 2. The van der Waals surface area contributed by atoms with Gasteiger partial charge in [0.15, 0.2) is 0 Å². The number of thiophene rings is 1. The van der Waals surface area contributed by atoms with Gasteiger partial charge in [0, 0.05) is 9.75 Å². The average Bonchev–Trinajstić information content (AvgIpc) is 2.91. The highest BCUT2D eigenvalue weighted by Gasteiger charge is 1.97. The molecule has 0 unspecified atom stereocenters. The highest BCUT2D eigenvalue weighted by atomic mass is 32.1. The second kappa shape index (κ2) is 6.35. The van der Waals surface area contributed by atoms with Crippen molar-refractivity contribution in [3.8, 4) is 12.1 Å². The zero-order valence-corrected chi connectivity index (χ0v) is 10.9. The average molecular weight is 262 g/mol. The third kappa shape index (κ3) is 3.67. The molecule has 90 valence electrons. The normalized spacial score (nSPS) is 9.79. The number of rotatable bonds is 3. The Morgan fingerprint density at radius 3 is 2.26 bits per heavy atom. The summed E-state index contributed by atoms with van der Waals surface area (Å²) in [5.41, 5.74) is 1.27. The predicted molar refractivity (Wildman–Crippen MR) is 78.9 cm³/mol. The van der Waals surface area contributed by atoms with Gasteiger partial charge in [0.1, 0.15) is 17.7 Å². The van der Waals surface area contributed by atoms with Crippen LogP contribution in [-0.4, -0.2) is 0 Å². The first-order chi connectivity index (χ1) is 9.31. The highest BCUT2D eigenvalue weighted by Crippen LogP contribution is 2.21. The van der Waals surface area contributed by atoms with Gasteiger partial charge in [0.2, 0.25) is 0 Å². The summed E-state index contributed by atoms with van der Waals surface area (Å²) in [5, 5.41) is 17.4. The van der Waals surface area contributed by atoms with Gasteiger partial charge in [-0.25, -0.2) is 0 Å². The molecule has 0 aliphatic rings. The Hall–Kier alpha value is -2.62. The molecule has 0 aliphatic carbocycles. The van der Waals surface area contributed by atoms with Crippen molar-refractivity contribution in [3.05, 3.63) is 63.4 Å². The van der Waals surface area contributed by atoms with E-state index in [-0.39, 0.29) is 5.57 Å². The number of allylic oxidation sites excluding steroid dienone is 1. The molecule has 3 heteroatoms. The highest BCUT2D eigenvalue weighted by molar-refractivity contribution is 7.13. The first-order valence-corrected chi connectivity index (χ1v) is 6.48. The van der Waals surface area contributed by atoms with Crippen LogP contribution in [0.1, 0.15) is 15.3 Å². The first kappa shape index (κ1) is 12.8. The molecule has 2 aromatic rings. The van der Waals surface area contributed by atoms with Crippen LogP contribution in [0, 0.1) is 22.7 Å². The molecule has 0 saturated carbocycles. The van der Waals surface area contributed by atoms with Crippen LogP contribution in [-0.2, 0) is 0 Å². The third-order valence-corrected chi connectivity index (χ3v) is 3.41. The molecular formula is C16H10N2S. The standard InChI is InChI=1S/C16H10N2S/c17-11-14(12-18)10-16-9-8-15(19-16)7-6-13-4-2-1-3-5-13/h1-10H/b7-6+. The van der Waals surface area contributed by atoms with Crippen LogP contribution in [0.4, 0.5) is 0 Å². The minimum atomic E-state index is 0.125. The fourth-order valence-electron chi connectivity index (χ4n) is 1.51. The topological polar surface area (TPSA) is 47.6 Å². The van der Waals surface area contributed by atoms with E-state index in [2.05, 4.69) is 0 Å². The van der Waals surface area contributed by atoms with Crippen molar-refractivity contribution < 1.29 is 0 Å². The monoisotopic (exact) mass is 262 g/mol. The minimum absolute atomic E-state index is 0.125. The molecule has 0 aliphatic heterocycles. The van der Waals surface area contributed by atoms with Crippen LogP contribution >= 0.6 is 11.3 Å². The van der Waals surface area contributed by atoms with E-state index in [0.29, 0.717) is 0 Å². The van der Waals surface area contributed by atoms with Gasteiger partial charge in [0.25, 0.3) is 0 Å². The largest absolute Gasteiger partial charge is 0.192 e. The zero-order chi connectivity index (χ0) is 13.5. The van der Waals surface area contributed by atoms with Crippen LogP contribution < -0.4 is 0 Å². The lowest BCUT2D eigenvalue weighted by Crippen LogP contribution is -1.69. The van der Waals surface area contributed by atoms with Gasteiger partial charge < -0.3 is 0 Å². The fraction of sp³-hybridized carbons (Fsp3) is 0. The Kier molecular flexibility index (Phi) is 4.29. The molecule has 1 heterocycles. The summed E-state index contributed by atoms with van der Waals surface area (Å²) in [6.07, 6.45) is 5.66. The van der Waals surface area contributed by atoms with E-state index < -0.39 is 0 Å². The lowest BCUT2D eigenvalue weighted by Gasteiger charge is -1.89. The van der Waals surface area contributed by atoms with Crippen molar-refractivity contribution in [2.45, 2.75) is 0 Å². The second-order valence-corrected chi connectivity index (χ2v) is 4.91. The summed E-state index contributed by atoms with van der Waals surface area (Å²) < 4.78 is 0. The van der Waals surface area contributed by atoms with Crippen molar-refractivity contribution in [3.63, 3.8) is 0 Å². The van der Waals surface area contributed by atoms with E-state index in [9.17, 15) is 0 Å². The molecule has 2 rings (SSSR count). The summed E-state index contributed by atoms with van der Waals surface area (Å²) in [6.45, 7) is 0. The SMILES string of the molecule is N#CC(C#N)=Cc1ccc(/C=C/c2ccccc2)s1. The molecule has 0 saturated heterocycles. The quantitative estimate of drug-likeness (QED) is 0.772. The smallest absolute Gasteiger partial charge is 0.131 e. The molecule has 0 radical (unpaired) electrons. The molecule has 0 atom stereocenters. The first-order valence-electron chi connectivity index (χ1n) is 5.66. The van der Waals surface area contributed by atoms with Crippen LogP contribution in [0.15, 0.2) is 48.0 Å². The van der Waals surface area contributed by atoms with Crippen molar-refractivity contribution in [1.82, 2.24) is 0 Å². The van der Waals surface area contributed by atoms with Crippen molar-refractivity contribution in [2.75, 3.05) is 0 Å². The van der Waals surface area contributed by atoms with Gasteiger partial charge in [-0.1, -0.05) is 36.4 Å². The Morgan fingerprint density at radius 2 is 1.58 bits per heavy atom. The van der Waals surface area contributed by atoms with E-state index >= 15 is 0 Å². The Bertz CT molecular complexity index is 678. The van der Waals surface area contributed by atoms with Gasteiger partial charge in [-0.15, -0.1) is 11.3 Å². The van der Waals surface area contributed by atoms with Gasteiger partial charge in [0.05, 0.1) is 0 Å². The third-order valence-electron chi connectivity index (χ3n) is 2.41. The number of hydrogen-bond acceptors (Lipinski definition) is 3. The number of hydrogen-bond donors (Lipinski definition) is 0. The Labute approximate surface area is 116 Å². The zero-order valence-electron chi connectivity index (χ0n) is 10.1. The lowest BCUT2D eigenvalue weighted by molar-refractivity contribution is 1.47. The van der Waals surface area contributed by atoms with E-state index in [1.54, 1.807) is 17.4 Å². The Morgan fingerprint density at radius 1 is 0.895 bits per heavy atom. The van der Waals surface area contributed by atoms with E-state index in [1.165, 1.54) is 0 Å². The second-order valence-electron chi connectivity index (χ2n) is 3.77. The van der Waals surface area contributed by atoms with Crippen LogP contribution in [0.5, 0.6) is 0 Å². The number of benzene rings is 1. The maximum Gasteiger partial charge on any atom is 0.131 e. The molecule has 0 N–H and O–H groups in total. The molecule has 1 aromatic carbocycles. The molecule has 2 nitrogen and oxygen atoms in total. The van der Waals surface area contributed by atoms with Crippen LogP contribution in [0.3, 0.4) is 0 Å². The van der Waals surface area contributed by atoms with Gasteiger partial charge in [-0.05, 0) is 29.8 Å². The molecular weight excluding hydrogens is 252 g/mol. The molecule has 19 heavy (non-hydrogen) atoms. The summed E-state index contributed by atoms with van der Waals surface area (Å²) >= 11 is 1.55. The molecule has 0 spiro atoms. The van der Waals surface area contributed by atoms with Crippen LogP contribution in [0.2, 0.25) is 0 Å². The van der Waals surface area contributed by atoms with Crippen molar-refractivity contribution >= 4 is 29.6 Å². The maximum absolute atomic E-state index is 8.70. The van der Waals surface area contributed by atoms with E-state index in [1.807, 2.05) is 66.8 Å². The van der Waals surface area contributed by atoms with Gasteiger partial charge in [-0.3, -0.25) is 0 Å². The summed E-state index contributed by atoms with van der Waals surface area (Å²) in [4.78, 5) is 2.00. The molecule has 0 amide bonds. The van der Waals surface area contributed by atoms with Gasteiger partial charge >= 0.3 is 0 Å². The Balaban J connectivity index is 2.15. The molecule has 0 fully saturated rings. The van der Waals surface area contributed by atoms with E-state index in [0.717, 1.165) is 15.3 Å². The maximum atomic E-state index is 8.70.